The molecule has 0 N–H and O–H groups in total. The van der Waals surface area contributed by atoms with Gasteiger partial charge in [-0.05, 0) is 59.7 Å². The second-order valence-corrected chi connectivity index (χ2v) is 7.76. The molecule has 3 rings (SSSR count). The van der Waals surface area contributed by atoms with E-state index in [9.17, 15) is 0 Å². The van der Waals surface area contributed by atoms with E-state index in [1.807, 2.05) is 0 Å². The van der Waals surface area contributed by atoms with E-state index in [2.05, 4.69) is 92.6 Å². The number of rotatable bonds is 10. The molecule has 0 saturated heterocycles. The summed E-state index contributed by atoms with van der Waals surface area (Å²) in [5.41, 5.74) is 6.24. The zero-order valence-electron chi connectivity index (χ0n) is 18.0. The molecular weight excluding hydrogens is 354 g/mol. The van der Waals surface area contributed by atoms with Crippen LogP contribution in [-0.2, 0) is 6.42 Å². The molecule has 2 aromatic carbocycles. The van der Waals surface area contributed by atoms with Gasteiger partial charge in [-0.3, -0.25) is 4.98 Å². The lowest BCUT2D eigenvalue weighted by molar-refractivity contribution is 0.317. The van der Waals surface area contributed by atoms with Crippen LogP contribution >= 0.6 is 0 Å². The Labute approximate surface area is 176 Å². The zero-order chi connectivity index (χ0) is 20.5. The van der Waals surface area contributed by atoms with Crippen molar-refractivity contribution in [2.24, 2.45) is 0 Å². The Morgan fingerprint density at radius 1 is 0.759 bits per heavy atom. The first-order valence-corrected chi connectivity index (χ1v) is 11.0. The summed E-state index contributed by atoms with van der Waals surface area (Å²) in [7, 11) is 0. The first kappa shape index (κ1) is 21.1. The lowest BCUT2D eigenvalue weighted by Gasteiger charge is -2.14. The molecule has 2 heteroatoms. The highest BCUT2D eigenvalue weighted by atomic mass is 16.5. The smallest absolute Gasteiger partial charge is 0.119 e. The normalized spacial score (nSPS) is 12.0. The molecule has 0 fully saturated rings. The molecule has 0 radical (unpaired) electrons. The largest absolute Gasteiger partial charge is 0.494 e. The topological polar surface area (TPSA) is 22.1 Å². The first-order chi connectivity index (χ1) is 14.2. The number of hydrogen-bond donors (Lipinski definition) is 0. The second-order valence-electron chi connectivity index (χ2n) is 7.76. The molecule has 1 heterocycles. The molecule has 0 spiro atoms. The number of nitrogens with zero attached hydrogens (tertiary/aromatic N) is 1. The first-order valence-electron chi connectivity index (χ1n) is 11.0. The summed E-state index contributed by atoms with van der Waals surface area (Å²) in [6, 6.07) is 21.7. The second kappa shape index (κ2) is 10.8. The van der Waals surface area contributed by atoms with E-state index < -0.39 is 0 Å². The van der Waals surface area contributed by atoms with Crippen molar-refractivity contribution in [3.05, 3.63) is 83.7 Å². The number of pyridine rings is 1. The van der Waals surface area contributed by atoms with Gasteiger partial charge in [0.25, 0.3) is 0 Å². The summed E-state index contributed by atoms with van der Waals surface area (Å²) in [6.07, 6.45) is 7.92. The number of ether oxygens (including phenoxy) is 1. The van der Waals surface area contributed by atoms with Crippen LogP contribution in [0.3, 0.4) is 0 Å². The molecule has 1 unspecified atom stereocenters. The Morgan fingerprint density at radius 3 is 2.00 bits per heavy atom. The van der Waals surface area contributed by atoms with Gasteiger partial charge in [0.1, 0.15) is 5.75 Å². The van der Waals surface area contributed by atoms with Gasteiger partial charge < -0.3 is 4.74 Å². The van der Waals surface area contributed by atoms with Gasteiger partial charge in [-0.25, -0.2) is 0 Å². The molecule has 2 nitrogen and oxygen atoms in total. The van der Waals surface area contributed by atoms with E-state index in [0.29, 0.717) is 5.92 Å². The highest BCUT2D eigenvalue weighted by molar-refractivity contribution is 5.64. The Bertz CT molecular complexity index is 851. The number of unbranched alkanes of at least 4 members (excludes halogenated alkanes) is 2. The lowest BCUT2D eigenvalue weighted by Crippen LogP contribution is -1.99. The molecule has 0 aliphatic heterocycles. The van der Waals surface area contributed by atoms with Crippen LogP contribution in [0.4, 0.5) is 0 Å². The van der Waals surface area contributed by atoms with Crippen LogP contribution in [0.1, 0.15) is 69.2 Å². The number of aromatic nitrogens is 1. The standard InChI is InChI=1S/C27H33NO/c1-4-6-7-8-26-16-13-25(20-28-26)21(3)22-9-11-23(12-10-22)24-14-17-27(18-15-24)29-19-5-2/h9-18,20-21H,4-8,19H2,1-3H3. The van der Waals surface area contributed by atoms with Crippen molar-refractivity contribution in [1.29, 1.82) is 0 Å². The highest BCUT2D eigenvalue weighted by Crippen LogP contribution is 2.28. The SMILES string of the molecule is CCCCCc1ccc(C(C)c2ccc(-c3ccc(OCCC)cc3)cc2)cn1. The van der Waals surface area contributed by atoms with E-state index in [4.69, 9.17) is 4.74 Å². The van der Waals surface area contributed by atoms with Crippen LogP contribution in [0.25, 0.3) is 11.1 Å². The molecule has 0 aliphatic rings. The van der Waals surface area contributed by atoms with Crippen LogP contribution in [0, 0.1) is 0 Å². The summed E-state index contributed by atoms with van der Waals surface area (Å²) in [5, 5.41) is 0. The minimum Gasteiger partial charge on any atom is -0.494 e. The van der Waals surface area contributed by atoms with Crippen LogP contribution in [0.2, 0.25) is 0 Å². The van der Waals surface area contributed by atoms with E-state index in [-0.39, 0.29) is 0 Å². The van der Waals surface area contributed by atoms with Gasteiger partial charge in [0.05, 0.1) is 6.61 Å². The molecule has 1 aromatic heterocycles. The van der Waals surface area contributed by atoms with Crippen molar-refractivity contribution in [2.75, 3.05) is 6.61 Å². The monoisotopic (exact) mass is 387 g/mol. The Balaban J connectivity index is 1.64. The molecule has 1 atom stereocenters. The van der Waals surface area contributed by atoms with Crippen LogP contribution in [0.15, 0.2) is 66.9 Å². The molecule has 0 saturated carbocycles. The fourth-order valence-electron chi connectivity index (χ4n) is 3.52. The summed E-state index contributed by atoms with van der Waals surface area (Å²) < 4.78 is 5.68. The maximum atomic E-state index is 5.68. The van der Waals surface area contributed by atoms with E-state index in [0.717, 1.165) is 25.2 Å². The van der Waals surface area contributed by atoms with Crippen molar-refractivity contribution in [3.8, 4) is 16.9 Å². The molecule has 29 heavy (non-hydrogen) atoms. The quantitative estimate of drug-likeness (QED) is 0.338. The zero-order valence-corrected chi connectivity index (χ0v) is 18.0. The highest BCUT2D eigenvalue weighted by Gasteiger charge is 2.10. The maximum Gasteiger partial charge on any atom is 0.119 e. The third-order valence-corrected chi connectivity index (χ3v) is 5.46. The third-order valence-electron chi connectivity index (χ3n) is 5.46. The van der Waals surface area contributed by atoms with Gasteiger partial charge in [-0.1, -0.05) is 76.1 Å². The Hall–Kier alpha value is -2.61. The summed E-state index contributed by atoms with van der Waals surface area (Å²) >= 11 is 0. The molecule has 3 aromatic rings. The van der Waals surface area contributed by atoms with Gasteiger partial charge >= 0.3 is 0 Å². The van der Waals surface area contributed by atoms with Gasteiger partial charge in [0.2, 0.25) is 0 Å². The number of benzene rings is 2. The van der Waals surface area contributed by atoms with Crippen LogP contribution < -0.4 is 4.74 Å². The van der Waals surface area contributed by atoms with Gasteiger partial charge in [-0.15, -0.1) is 0 Å². The fourth-order valence-corrected chi connectivity index (χ4v) is 3.52. The lowest BCUT2D eigenvalue weighted by atomic mass is 9.92. The van der Waals surface area contributed by atoms with Crippen LogP contribution in [0.5, 0.6) is 5.75 Å². The minimum atomic E-state index is 0.339. The Morgan fingerprint density at radius 2 is 1.41 bits per heavy atom. The van der Waals surface area contributed by atoms with Gasteiger partial charge in [0, 0.05) is 17.8 Å². The van der Waals surface area contributed by atoms with Crippen molar-refractivity contribution in [3.63, 3.8) is 0 Å². The summed E-state index contributed by atoms with van der Waals surface area (Å²) in [4.78, 5) is 4.68. The van der Waals surface area contributed by atoms with Crippen molar-refractivity contribution in [2.45, 2.75) is 58.8 Å². The predicted octanol–water partition coefficient (Wildman–Crippen LogP) is 7.42. The van der Waals surface area contributed by atoms with Crippen LogP contribution in [-0.4, -0.2) is 11.6 Å². The molecular formula is C27H33NO. The fraction of sp³-hybridized carbons (Fsp3) is 0.370. The van der Waals surface area contributed by atoms with Crippen molar-refractivity contribution in [1.82, 2.24) is 4.98 Å². The summed E-state index contributed by atoms with van der Waals surface area (Å²) in [5.74, 6) is 1.28. The molecule has 0 bridgehead atoms. The Kier molecular flexibility index (Phi) is 7.86. The van der Waals surface area contributed by atoms with Crippen molar-refractivity contribution < 1.29 is 4.74 Å². The summed E-state index contributed by atoms with van der Waals surface area (Å²) in [6.45, 7) is 7.37. The molecule has 0 amide bonds. The van der Waals surface area contributed by atoms with Gasteiger partial charge in [0.15, 0.2) is 0 Å². The van der Waals surface area contributed by atoms with E-state index in [1.54, 1.807) is 0 Å². The average Bonchev–Trinajstić information content (AvgIpc) is 2.78. The number of hydrogen-bond acceptors (Lipinski definition) is 2. The average molecular weight is 388 g/mol. The molecule has 0 aliphatic carbocycles. The molecule has 152 valence electrons. The number of aryl methyl sites for hydroxylation is 1. The van der Waals surface area contributed by atoms with E-state index >= 15 is 0 Å². The van der Waals surface area contributed by atoms with Crippen molar-refractivity contribution >= 4 is 0 Å². The third kappa shape index (κ3) is 5.93. The maximum absolute atomic E-state index is 5.68. The van der Waals surface area contributed by atoms with E-state index in [1.165, 1.54) is 47.2 Å². The predicted molar refractivity (Wildman–Crippen MR) is 123 cm³/mol. The van der Waals surface area contributed by atoms with Gasteiger partial charge in [-0.2, -0.15) is 0 Å². The minimum absolute atomic E-state index is 0.339.